The van der Waals surface area contributed by atoms with E-state index in [4.69, 9.17) is 5.73 Å². The van der Waals surface area contributed by atoms with E-state index in [1.54, 1.807) is 4.68 Å². The molecule has 0 aliphatic heterocycles. The summed E-state index contributed by atoms with van der Waals surface area (Å²) in [6.07, 6.45) is 7.03. The first-order valence-electron chi connectivity index (χ1n) is 6.50. The first-order chi connectivity index (χ1) is 8.20. The zero-order chi connectivity index (χ0) is 12.3. The molecule has 0 spiro atoms. The topological polar surface area (TPSA) is 60.0 Å². The lowest BCUT2D eigenvalue weighted by atomic mass is 9.95. The lowest BCUT2D eigenvalue weighted by Crippen LogP contribution is -2.51. The van der Waals surface area contributed by atoms with Crippen LogP contribution in [0.25, 0.3) is 0 Å². The molecule has 0 aromatic carbocycles. The van der Waals surface area contributed by atoms with Crippen LogP contribution in [0, 0.1) is 0 Å². The minimum absolute atomic E-state index is 0.201. The standard InChI is InChI=1S/C12H23N5/c1-3-17(9-11-8-16(2)15-14-11)12(10-13)6-4-5-7-12/h8H,3-7,9-10,13H2,1-2H3. The van der Waals surface area contributed by atoms with E-state index in [9.17, 15) is 0 Å². The number of hydrogen-bond donors (Lipinski definition) is 1. The minimum atomic E-state index is 0.201. The second-order valence-corrected chi connectivity index (χ2v) is 5.03. The average molecular weight is 237 g/mol. The van der Waals surface area contributed by atoms with Crippen molar-refractivity contribution >= 4 is 0 Å². The highest BCUT2D eigenvalue weighted by molar-refractivity contribution is 5.00. The molecule has 1 aliphatic carbocycles. The van der Waals surface area contributed by atoms with Crippen molar-refractivity contribution in [3.8, 4) is 0 Å². The number of hydrogen-bond acceptors (Lipinski definition) is 4. The van der Waals surface area contributed by atoms with Crippen molar-refractivity contribution in [1.29, 1.82) is 0 Å². The van der Waals surface area contributed by atoms with E-state index in [0.717, 1.165) is 25.3 Å². The van der Waals surface area contributed by atoms with Gasteiger partial charge in [0.25, 0.3) is 0 Å². The van der Waals surface area contributed by atoms with Gasteiger partial charge >= 0.3 is 0 Å². The molecule has 0 bridgehead atoms. The molecule has 0 saturated heterocycles. The Hall–Kier alpha value is -0.940. The Morgan fingerprint density at radius 3 is 2.65 bits per heavy atom. The van der Waals surface area contributed by atoms with Crippen molar-refractivity contribution in [2.75, 3.05) is 13.1 Å². The first-order valence-corrected chi connectivity index (χ1v) is 6.50. The smallest absolute Gasteiger partial charge is 0.0967 e. The van der Waals surface area contributed by atoms with Crippen molar-refractivity contribution in [2.24, 2.45) is 12.8 Å². The van der Waals surface area contributed by atoms with Gasteiger partial charge in [0.15, 0.2) is 0 Å². The predicted octanol–water partition coefficient (Wildman–Crippen LogP) is 0.908. The van der Waals surface area contributed by atoms with E-state index in [1.807, 2.05) is 13.2 Å². The van der Waals surface area contributed by atoms with Crippen molar-refractivity contribution < 1.29 is 0 Å². The molecule has 1 saturated carbocycles. The third-order valence-corrected chi connectivity index (χ3v) is 3.97. The molecule has 1 heterocycles. The molecular formula is C12H23N5. The molecule has 0 atom stereocenters. The van der Waals surface area contributed by atoms with Gasteiger partial charge in [0.2, 0.25) is 0 Å². The van der Waals surface area contributed by atoms with Gasteiger partial charge in [0.1, 0.15) is 0 Å². The van der Waals surface area contributed by atoms with Gasteiger partial charge in [-0.3, -0.25) is 9.58 Å². The van der Waals surface area contributed by atoms with Crippen molar-refractivity contribution in [1.82, 2.24) is 19.9 Å². The summed E-state index contributed by atoms with van der Waals surface area (Å²) < 4.78 is 1.76. The van der Waals surface area contributed by atoms with Crippen LogP contribution in [0.1, 0.15) is 38.3 Å². The summed E-state index contributed by atoms with van der Waals surface area (Å²) in [5.74, 6) is 0. The second-order valence-electron chi connectivity index (χ2n) is 5.03. The summed E-state index contributed by atoms with van der Waals surface area (Å²) in [5.41, 5.74) is 7.26. The Bertz CT molecular complexity index is 354. The highest BCUT2D eigenvalue weighted by atomic mass is 15.4. The molecule has 1 aromatic rings. The molecule has 1 aliphatic rings. The predicted molar refractivity (Wildman–Crippen MR) is 67.3 cm³/mol. The maximum Gasteiger partial charge on any atom is 0.0967 e. The summed E-state index contributed by atoms with van der Waals surface area (Å²) in [5, 5.41) is 8.16. The number of aromatic nitrogens is 3. The van der Waals surface area contributed by atoms with E-state index >= 15 is 0 Å². The zero-order valence-corrected chi connectivity index (χ0v) is 10.9. The van der Waals surface area contributed by atoms with Crippen LogP contribution in [0.15, 0.2) is 6.20 Å². The van der Waals surface area contributed by atoms with Gasteiger partial charge in [-0.05, 0) is 19.4 Å². The molecule has 5 heteroatoms. The Kier molecular flexibility index (Phi) is 3.79. The van der Waals surface area contributed by atoms with E-state index in [0.29, 0.717) is 0 Å². The first kappa shape index (κ1) is 12.5. The lowest BCUT2D eigenvalue weighted by Gasteiger charge is -2.39. The minimum Gasteiger partial charge on any atom is -0.329 e. The highest BCUT2D eigenvalue weighted by Gasteiger charge is 2.37. The molecule has 1 aromatic heterocycles. The third kappa shape index (κ3) is 2.50. The van der Waals surface area contributed by atoms with Crippen LogP contribution in [0.2, 0.25) is 0 Å². The maximum atomic E-state index is 6.02. The van der Waals surface area contributed by atoms with Crippen LogP contribution < -0.4 is 5.73 Å². The Labute approximate surface area is 103 Å². The molecule has 2 rings (SSSR count). The van der Waals surface area contributed by atoms with Crippen molar-refractivity contribution in [3.05, 3.63) is 11.9 Å². The van der Waals surface area contributed by atoms with Crippen LogP contribution >= 0.6 is 0 Å². The van der Waals surface area contributed by atoms with E-state index in [1.165, 1.54) is 25.7 Å². The molecular weight excluding hydrogens is 214 g/mol. The Balaban J connectivity index is 2.10. The summed E-state index contributed by atoms with van der Waals surface area (Å²) in [6, 6.07) is 0. The number of nitrogens with two attached hydrogens (primary N) is 1. The van der Waals surface area contributed by atoms with Gasteiger partial charge in [-0.25, -0.2) is 0 Å². The van der Waals surface area contributed by atoms with Crippen LogP contribution in [0.5, 0.6) is 0 Å². The largest absolute Gasteiger partial charge is 0.329 e. The maximum absolute atomic E-state index is 6.02. The quantitative estimate of drug-likeness (QED) is 0.827. The molecule has 0 unspecified atom stereocenters. The summed E-state index contributed by atoms with van der Waals surface area (Å²) >= 11 is 0. The average Bonchev–Trinajstić information content (AvgIpc) is 2.95. The second kappa shape index (κ2) is 5.14. The van der Waals surface area contributed by atoms with Gasteiger partial charge < -0.3 is 5.73 Å². The number of rotatable bonds is 5. The number of likely N-dealkylation sites (N-methyl/N-ethyl adjacent to an activating group) is 1. The van der Waals surface area contributed by atoms with Crippen LogP contribution in [0.4, 0.5) is 0 Å². The summed E-state index contributed by atoms with van der Waals surface area (Å²) in [6.45, 7) is 4.84. The molecule has 0 radical (unpaired) electrons. The Morgan fingerprint density at radius 2 is 2.18 bits per heavy atom. The molecule has 2 N–H and O–H groups in total. The fourth-order valence-corrected chi connectivity index (χ4v) is 2.96. The van der Waals surface area contributed by atoms with Gasteiger partial charge in [0.05, 0.1) is 5.69 Å². The summed E-state index contributed by atoms with van der Waals surface area (Å²) in [4.78, 5) is 2.48. The molecule has 1 fully saturated rings. The van der Waals surface area contributed by atoms with Crippen LogP contribution in [0.3, 0.4) is 0 Å². The number of nitrogens with zero attached hydrogens (tertiary/aromatic N) is 4. The van der Waals surface area contributed by atoms with Gasteiger partial charge in [-0.1, -0.05) is 25.0 Å². The fraction of sp³-hybridized carbons (Fsp3) is 0.833. The lowest BCUT2D eigenvalue weighted by molar-refractivity contribution is 0.0956. The molecule has 17 heavy (non-hydrogen) atoms. The highest BCUT2D eigenvalue weighted by Crippen LogP contribution is 2.35. The van der Waals surface area contributed by atoms with E-state index in [2.05, 4.69) is 22.1 Å². The summed E-state index contributed by atoms with van der Waals surface area (Å²) in [7, 11) is 1.90. The van der Waals surface area contributed by atoms with Gasteiger partial charge in [-0.15, -0.1) is 5.10 Å². The van der Waals surface area contributed by atoms with E-state index < -0.39 is 0 Å². The molecule has 5 nitrogen and oxygen atoms in total. The molecule has 0 amide bonds. The van der Waals surface area contributed by atoms with Gasteiger partial charge in [0, 0.05) is 31.9 Å². The van der Waals surface area contributed by atoms with Crippen LogP contribution in [-0.2, 0) is 13.6 Å². The van der Waals surface area contributed by atoms with Crippen molar-refractivity contribution in [2.45, 2.75) is 44.7 Å². The zero-order valence-electron chi connectivity index (χ0n) is 10.9. The van der Waals surface area contributed by atoms with E-state index in [-0.39, 0.29) is 5.54 Å². The number of aryl methyl sites for hydroxylation is 1. The fourth-order valence-electron chi connectivity index (χ4n) is 2.96. The molecule has 96 valence electrons. The van der Waals surface area contributed by atoms with Crippen LogP contribution in [-0.4, -0.2) is 38.5 Å². The monoisotopic (exact) mass is 237 g/mol. The van der Waals surface area contributed by atoms with Gasteiger partial charge in [-0.2, -0.15) is 0 Å². The van der Waals surface area contributed by atoms with Crippen molar-refractivity contribution in [3.63, 3.8) is 0 Å². The SMILES string of the molecule is CCN(Cc1cn(C)nn1)C1(CN)CCCC1. The third-order valence-electron chi connectivity index (χ3n) is 3.97. The Morgan fingerprint density at radius 1 is 1.47 bits per heavy atom. The normalized spacial score (nSPS) is 19.1.